The van der Waals surface area contributed by atoms with Gasteiger partial charge in [0.2, 0.25) is 5.91 Å². The third-order valence-electron chi connectivity index (χ3n) is 1.83. The Kier molecular flexibility index (Phi) is 5.12. The van der Waals surface area contributed by atoms with E-state index in [1.807, 2.05) is 38.1 Å². The van der Waals surface area contributed by atoms with Gasteiger partial charge in [0.05, 0.1) is 6.10 Å². The van der Waals surface area contributed by atoms with E-state index < -0.39 is 0 Å². The maximum Gasteiger partial charge on any atom is 0.225 e. The first kappa shape index (κ1) is 12.8. The quantitative estimate of drug-likeness (QED) is 0.805. The molecule has 1 amide bonds. The second-order valence-corrected chi connectivity index (χ2v) is 4.06. The van der Waals surface area contributed by atoms with Gasteiger partial charge in [0.1, 0.15) is 5.75 Å². The van der Waals surface area contributed by atoms with Crippen LogP contribution in [0, 0.1) is 0 Å². The monoisotopic (exact) mass is 241 g/mol. The lowest BCUT2D eigenvalue weighted by atomic mass is 10.3. The molecule has 0 aliphatic carbocycles. The minimum Gasteiger partial charge on any atom is -0.491 e. The highest BCUT2D eigenvalue weighted by molar-refractivity contribution is 6.19. The number of carbonyl (C=O) groups is 1. The summed E-state index contributed by atoms with van der Waals surface area (Å²) in [6.07, 6.45) is 0.475. The summed E-state index contributed by atoms with van der Waals surface area (Å²) in [4.78, 5) is 11.2. The molecule has 1 aromatic rings. The van der Waals surface area contributed by atoms with Gasteiger partial charge in [-0.2, -0.15) is 0 Å². The van der Waals surface area contributed by atoms with Crippen LogP contribution in [0.2, 0.25) is 0 Å². The Morgan fingerprint density at radius 1 is 1.38 bits per heavy atom. The Morgan fingerprint density at radius 3 is 2.50 bits per heavy atom. The summed E-state index contributed by atoms with van der Waals surface area (Å²) in [5.41, 5.74) is 0.756. The first-order valence-corrected chi connectivity index (χ1v) is 5.78. The molecule has 0 unspecified atom stereocenters. The highest BCUT2D eigenvalue weighted by atomic mass is 35.5. The van der Waals surface area contributed by atoms with Crippen LogP contribution in [0.3, 0.4) is 0 Å². The van der Waals surface area contributed by atoms with Gasteiger partial charge < -0.3 is 10.1 Å². The molecule has 0 heterocycles. The second-order valence-electron chi connectivity index (χ2n) is 3.68. The van der Waals surface area contributed by atoms with Crippen LogP contribution in [0.15, 0.2) is 24.3 Å². The molecule has 3 nitrogen and oxygen atoms in total. The molecule has 1 aromatic carbocycles. The maximum atomic E-state index is 11.2. The van der Waals surface area contributed by atoms with Gasteiger partial charge in [0, 0.05) is 18.0 Å². The van der Waals surface area contributed by atoms with E-state index >= 15 is 0 Å². The predicted molar refractivity (Wildman–Crippen MR) is 66.2 cm³/mol. The van der Waals surface area contributed by atoms with Crippen molar-refractivity contribution < 1.29 is 9.53 Å². The van der Waals surface area contributed by atoms with Crippen LogP contribution >= 0.6 is 11.6 Å². The van der Waals surface area contributed by atoms with Crippen molar-refractivity contribution in [2.75, 3.05) is 11.2 Å². The number of anilines is 1. The lowest BCUT2D eigenvalue weighted by Gasteiger charge is -2.10. The van der Waals surface area contributed by atoms with Gasteiger partial charge in [-0.1, -0.05) is 0 Å². The summed E-state index contributed by atoms with van der Waals surface area (Å²) in [6.45, 7) is 3.94. The van der Waals surface area contributed by atoms with Gasteiger partial charge in [-0.3, -0.25) is 4.79 Å². The predicted octanol–water partition coefficient (Wildman–Crippen LogP) is 3.04. The SMILES string of the molecule is CC(C)Oc1ccc(NC(=O)CCCl)cc1. The molecule has 16 heavy (non-hydrogen) atoms. The van der Waals surface area contributed by atoms with Crippen molar-refractivity contribution in [3.8, 4) is 5.75 Å². The van der Waals surface area contributed by atoms with Gasteiger partial charge in [-0.15, -0.1) is 11.6 Å². The normalized spacial score (nSPS) is 10.2. The zero-order valence-electron chi connectivity index (χ0n) is 9.50. The fourth-order valence-electron chi connectivity index (χ4n) is 1.20. The molecule has 0 saturated carbocycles. The summed E-state index contributed by atoms with van der Waals surface area (Å²) in [5.74, 6) is 1.05. The molecule has 4 heteroatoms. The lowest BCUT2D eigenvalue weighted by molar-refractivity contribution is -0.115. The number of alkyl halides is 1. The Morgan fingerprint density at radius 2 is 2.00 bits per heavy atom. The summed E-state index contributed by atoms with van der Waals surface area (Å²) >= 11 is 5.46. The summed E-state index contributed by atoms with van der Waals surface area (Å²) in [6, 6.07) is 7.28. The van der Waals surface area contributed by atoms with E-state index in [1.54, 1.807) is 0 Å². The first-order chi connectivity index (χ1) is 7.61. The van der Waals surface area contributed by atoms with Crippen molar-refractivity contribution in [1.82, 2.24) is 0 Å². The van der Waals surface area contributed by atoms with Gasteiger partial charge >= 0.3 is 0 Å². The molecular formula is C12H16ClNO2. The van der Waals surface area contributed by atoms with Gasteiger partial charge in [0.15, 0.2) is 0 Å². The van der Waals surface area contributed by atoms with E-state index in [2.05, 4.69) is 5.32 Å². The standard InChI is InChI=1S/C12H16ClNO2/c1-9(2)16-11-5-3-10(4-6-11)14-12(15)7-8-13/h3-6,9H,7-8H2,1-2H3,(H,14,15). The van der Waals surface area contributed by atoms with Crippen molar-refractivity contribution in [2.45, 2.75) is 26.4 Å². The van der Waals surface area contributed by atoms with E-state index in [0.717, 1.165) is 11.4 Å². The minimum absolute atomic E-state index is 0.0764. The third-order valence-corrected chi connectivity index (χ3v) is 2.02. The number of hydrogen-bond acceptors (Lipinski definition) is 2. The Hall–Kier alpha value is -1.22. The topological polar surface area (TPSA) is 38.3 Å². The number of carbonyl (C=O) groups excluding carboxylic acids is 1. The number of nitrogens with one attached hydrogen (secondary N) is 1. The Bertz CT molecular complexity index is 335. The maximum absolute atomic E-state index is 11.2. The van der Waals surface area contributed by atoms with Crippen molar-refractivity contribution in [3.05, 3.63) is 24.3 Å². The van der Waals surface area contributed by atoms with Gasteiger partial charge in [0.25, 0.3) is 0 Å². The van der Waals surface area contributed by atoms with E-state index in [1.165, 1.54) is 0 Å². The molecule has 0 fully saturated rings. The highest BCUT2D eigenvalue weighted by Crippen LogP contribution is 2.16. The Labute approximate surface area is 101 Å². The highest BCUT2D eigenvalue weighted by Gasteiger charge is 2.02. The number of rotatable bonds is 5. The number of halogens is 1. The summed E-state index contributed by atoms with van der Waals surface area (Å²) in [5, 5.41) is 2.74. The molecule has 1 rings (SSSR count). The molecule has 0 aromatic heterocycles. The largest absolute Gasteiger partial charge is 0.491 e. The van der Waals surface area contributed by atoms with E-state index in [9.17, 15) is 4.79 Å². The fourth-order valence-corrected chi connectivity index (χ4v) is 1.37. The van der Waals surface area contributed by atoms with Crippen LogP contribution < -0.4 is 10.1 Å². The van der Waals surface area contributed by atoms with Crippen LogP contribution in [0.1, 0.15) is 20.3 Å². The number of ether oxygens (including phenoxy) is 1. The van der Waals surface area contributed by atoms with Gasteiger partial charge in [-0.25, -0.2) is 0 Å². The van der Waals surface area contributed by atoms with E-state index in [4.69, 9.17) is 16.3 Å². The average molecular weight is 242 g/mol. The van der Waals surface area contributed by atoms with E-state index in [0.29, 0.717) is 12.3 Å². The Balaban J connectivity index is 2.54. The fraction of sp³-hybridized carbons (Fsp3) is 0.417. The second kappa shape index (κ2) is 6.38. The van der Waals surface area contributed by atoms with Gasteiger partial charge in [-0.05, 0) is 38.1 Å². The van der Waals surface area contributed by atoms with Crippen LogP contribution in [0.25, 0.3) is 0 Å². The van der Waals surface area contributed by atoms with Crippen LogP contribution in [-0.2, 0) is 4.79 Å². The average Bonchev–Trinajstić information content (AvgIpc) is 2.20. The molecule has 0 saturated heterocycles. The van der Waals surface area contributed by atoms with E-state index in [-0.39, 0.29) is 12.0 Å². The third kappa shape index (κ3) is 4.53. The minimum atomic E-state index is -0.0764. The zero-order valence-corrected chi connectivity index (χ0v) is 10.3. The molecule has 0 spiro atoms. The van der Waals surface area contributed by atoms with Crippen LogP contribution in [0.5, 0.6) is 5.75 Å². The first-order valence-electron chi connectivity index (χ1n) is 5.24. The summed E-state index contributed by atoms with van der Waals surface area (Å²) < 4.78 is 5.49. The van der Waals surface area contributed by atoms with Crippen LogP contribution in [0.4, 0.5) is 5.69 Å². The molecule has 0 bridgehead atoms. The molecule has 88 valence electrons. The smallest absolute Gasteiger partial charge is 0.225 e. The zero-order chi connectivity index (χ0) is 12.0. The lowest BCUT2D eigenvalue weighted by Crippen LogP contribution is -2.11. The van der Waals surface area contributed by atoms with Crippen LogP contribution in [-0.4, -0.2) is 17.9 Å². The van der Waals surface area contributed by atoms with Crippen molar-refractivity contribution >= 4 is 23.2 Å². The number of benzene rings is 1. The molecule has 0 aliphatic heterocycles. The number of amides is 1. The van der Waals surface area contributed by atoms with Crippen molar-refractivity contribution in [1.29, 1.82) is 0 Å². The van der Waals surface area contributed by atoms with Crippen molar-refractivity contribution in [2.24, 2.45) is 0 Å². The molecule has 0 atom stereocenters. The molecule has 0 aliphatic rings. The number of hydrogen-bond donors (Lipinski definition) is 1. The molecule has 1 N–H and O–H groups in total. The summed E-state index contributed by atoms with van der Waals surface area (Å²) in [7, 11) is 0. The molecule has 0 radical (unpaired) electrons. The molecular weight excluding hydrogens is 226 g/mol. The van der Waals surface area contributed by atoms with Crippen molar-refractivity contribution in [3.63, 3.8) is 0 Å².